The van der Waals surface area contributed by atoms with Crippen LogP contribution in [-0.2, 0) is 17.8 Å². The van der Waals surface area contributed by atoms with Crippen LogP contribution < -0.4 is 11.0 Å². The van der Waals surface area contributed by atoms with E-state index in [0.29, 0.717) is 15.8 Å². The molecule has 0 saturated carbocycles. The second kappa shape index (κ2) is 7.27. The third-order valence-corrected chi connectivity index (χ3v) is 4.75. The van der Waals surface area contributed by atoms with Crippen LogP contribution in [0.3, 0.4) is 0 Å². The van der Waals surface area contributed by atoms with Gasteiger partial charge in [0.05, 0.1) is 17.9 Å². The standard InChI is InChI=1S/C17H16N4O3S/c1-2-12-7-13-16(25-12)18-10-21(17(13)24)9-15(23)20-19-8-11-5-3-4-6-14(11)22/h3-8,10,22H,2,9H2,1H3,(H,20,23). The summed E-state index contributed by atoms with van der Waals surface area (Å²) >= 11 is 1.48. The Bertz CT molecular complexity index is 1010. The van der Waals surface area contributed by atoms with Crippen molar-refractivity contribution < 1.29 is 9.90 Å². The van der Waals surface area contributed by atoms with Crippen LogP contribution >= 0.6 is 11.3 Å². The number of nitrogens with one attached hydrogen (secondary N) is 1. The lowest BCUT2D eigenvalue weighted by molar-refractivity contribution is -0.121. The van der Waals surface area contributed by atoms with E-state index < -0.39 is 5.91 Å². The van der Waals surface area contributed by atoms with E-state index in [1.54, 1.807) is 18.2 Å². The molecular formula is C17H16N4O3S. The Balaban J connectivity index is 1.71. The molecule has 0 spiro atoms. The van der Waals surface area contributed by atoms with Gasteiger partial charge in [0, 0.05) is 10.4 Å². The smallest absolute Gasteiger partial charge is 0.262 e. The molecule has 2 aromatic heterocycles. The highest BCUT2D eigenvalue weighted by atomic mass is 32.1. The number of benzene rings is 1. The minimum Gasteiger partial charge on any atom is -0.507 e. The van der Waals surface area contributed by atoms with Crippen molar-refractivity contribution in [1.29, 1.82) is 0 Å². The molecule has 128 valence electrons. The van der Waals surface area contributed by atoms with Crippen molar-refractivity contribution in [3.05, 3.63) is 57.5 Å². The molecule has 2 heterocycles. The molecule has 0 radical (unpaired) electrons. The van der Waals surface area contributed by atoms with Gasteiger partial charge in [0.15, 0.2) is 0 Å². The predicted molar refractivity (Wildman–Crippen MR) is 97.1 cm³/mol. The van der Waals surface area contributed by atoms with Gasteiger partial charge in [-0.1, -0.05) is 19.1 Å². The van der Waals surface area contributed by atoms with Gasteiger partial charge in [-0.25, -0.2) is 10.4 Å². The quantitative estimate of drug-likeness (QED) is 0.539. The summed E-state index contributed by atoms with van der Waals surface area (Å²) in [4.78, 5) is 30.4. The molecule has 1 amide bonds. The number of hydrogen-bond donors (Lipinski definition) is 2. The number of rotatable bonds is 5. The molecule has 0 aliphatic heterocycles. The maximum absolute atomic E-state index is 12.4. The molecule has 3 aromatic rings. The molecule has 0 atom stereocenters. The molecule has 2 N–H and O–H groups in total. The molecular weight excluding hydrogens is 340 g/mol. The average molecular weight is 356 g/mol. The molecule has 3 rings (SSSR count). The van der Waals surface area contributed by atoms with Crippen molar-refractivity contribution in [3.63, 3.8) is 0 Å². The normalized spacial score (nSPS) is 11.2. The largest absolute Gasteiger partial charge is 0.507 e. The number of fused-ring (bicyclic) bond motifs is 1. The zero-order valence-electron chi connectivity index (χ0n) is 13.5. The Morgan fingerprint density at radius 3 is 3.00 bits per heavy atom. The lowest BCUT2D eigenvalue weighted by Gasteiger charge is -2.03. The van der Waals surface area contributed by atoms with Crippen LogP contribution in [0.1, 0.15) is 17.4 Å². The minimum atomic E-state index is -0.458. The molecule has 0 bridgehead atoms. The van der Waals surface area contributed by atoms with Crippen molar-refractivity contribution in [3.8, 4) is 5.75 Å². The van der Waals surface area contributed by atoms with Crippen LogP contribution in [0.25, 0.3) is 10.2 Å². The number of phenolic OH excluding ortho intramolecular Hbond substituents is 1. The van der Waals surface area contributed by atoms with Gasteiger partial charge < -0.3 is 5.11 Å². The van der Waals surface area contributed by atoms with Gasteiger partial charge in [-0.2, -0.15) is 5.10 Å². The Hall–Kier alpha value is -3.00. The molecule has 8 heteroatoms. The van der Waals surface area contributed by atoms with E-state index in [1.165, 1.54) is 34.5 Å². The fourth-order valence-electron chi connectivity index (χ4n) is 2.26. The Morgan fingerprint density at radius 2 is 2.24 bits per heavy atom. The SMILES string of the molecule is CCc1cc2c(=O)n(CC(=O)NN=Cc3ccccc3O)cnc2s1. The first-order valence-corrected chi connectivity index (χ1v) is 8.48. The highest BCUT2D eigenvalue weighted by molar-refractivity contribution is 7.18. The molecule has 7 nitrogen and oxygen atoms in total. The first-order valence-electron chi connectivity index (χ1n) is 7.66. The summed E-state index contributed by atoms with van der Waals surface area (Å²) in [6.45, 7) is 1.83. The van der Waals surface area contributed by atoms with E-state index in [9.17, 15) is 14.7 Å². The first kappa shape index (κ1) is 16.8. The maximum Gasteiger partial charge on any atom is 0.262 e. The van der Waals surface area contributed by atoms with E-state index >= 15 is 0 Å². The van der Waals surface area contributed by atoms with E-state index in [1.807, 2.05) is 13.0 Å². The summed E-state index contributed by atoms with van der Waals surface area (Å²) in [5.41, 5.74) is 2.56. The number of hydrazone groups is 1. The van der Waals surface area contributed by atoms with E-state index in [4.69, 9.17) is 0 Å². The third-order valence-electron chi connectivity index (χ3n) is 3.56. The molecule has 25 heavy (non-hydrogen) atoms. The zero-order chi connectivity index (χ0) is 17.8. The van der Waals surface area contributed by atoms with Gasteiger partial charge in [0.25, 0.3) is 11.5 Å². The minimum absolute atomic E-state index is 0.0653. The monoisotopic (exact) mass is 356 g/mol. The molecule has 0 saturated heterocycles. The van der Waals surface area contributed by atoms with Crippen LogP contribution in [0.4, 0.5) is 0 Å². The van der Waals surface area contributed by atoms with Crippen LogP contribution in [0.2, 0.25) is 0 Å². The molecule has 0 unspecified atom stereocenters. The van der Waals surface area contributed by atoms with Gasteiger partial charge in [0.1, 0.15) is 17.1 Å². The third kappa shape index (κ3) is 3.74. The Morgan fingerprint density at radius 1 is 1.44 bits per heavy atom. The second-order valence-corrected chi connectivity index (χ2v) is 6.43. The number of para-hydroxylation sites is 1. The number of phenols is 1. The van der Waals surface area contributed by atoms with Crippen molar-refractivity contribution in [2.45, 2.75) is 19.9 Å². The summed E-state index contributed by atoms with van der Waals surface area (Å²) in [6.07, 6.45) is 3.54. The molecule has 0 aliphatic carbocycles. The lowest BCUT2D eigenvalue weighted by atomic mass is 10.2. The van der Waals surface area contributed by atoms with Crippen molar-refractivity contribution >= 4 is 33.7 Å². The summed E-state index contributed by atoms with van der Waals surface area (Å²) < 4.78 is 1.25. The number of aryl methyl sites for hydroxylation is 1. The second-order valence-electron chi connectivity index (χ2n) is 5.31. The molecule has 1 aromatic carbocycles. The highest BCUT2D eigenvalue weighted by Gasteiger charge is 2.10. The van der Waals surface area contributed by atoms with E-state index in [2.05, 4.69) is 15.5 Å². The van der Waals surface area contributed by atoms with Gasteiger partial charge >= 0.3 is 0 Å². The van der Waals surface area contributed by atoms with Crippen molar-refractivity contribution in [2.24, 2.45) is 5.10 Å². The van der Waals surface area contributed by atoms with Crippen molar-refractivity contribution in [1.82, 2.24) is 15.0 Å². The number of aromatic nitrogens is 2. The summed E-state index contributed by atoms with van der Waals surface area (Å²) in [7, 11) is 0. The number of carbonyl (C=O) groups excluding carboxylic acids is 1. The fourth-order valence-corrected chi connectivity index (χ4v) is 3.18. The number of amides is 1. The van der Waals surface area contributed by atoms with Crippen molar-refractivity contribution in [2.75, 3.05) is 0 Å². The van der Waals surface area contributed by atoms with Gasteiger partial charge in [-0.15, -0.1) is 11.3 Å². The summed E-state index contributed by atoms with van der Waals surface area (Å²) in [5, 5.41) is 13.9. The first-order chi connectivity index (χ1) is 12.1. The van der Waals surface area contributed by atoms with Crippen LogP contribution in [0.5, 0.6) is 5.75 Å². The maximum atomic E-state index is 12.4. The Labute approximate surface area is 147 Å². The van der Waals surface area contributed by atoms with Gasteiger partial charge in [-0.3, -0.25) is 14.2 Å². The van der Waals surface area contributed by atoms with Gasteiger partial charge in [0.2, 0.25) is 0 Å². The predicted octanol–water partition coefficient (Wildman–Crippen LogP) is 1.88. The van der Waals surface area contributed by atoms with Crippen LogP contribution in [0, 0.1) is 0 Å². The topological polar surface area (TPSA) is 96.6 Å². The van der Waals surface area contributed by atoms with Crippen LogP contribution in [0.15, 0.2) is 46.6 Å². The summed E-state index contributed by atoms with van der Waals surface area (Å²) in [5.74, 6) is -0.392. The lowest BCUT2D eigenvalue weighted by Crippen LogP contribution is -2.29. The molecule has 0 fully saturated rings. The number of nitrogens with zero attached hydrogens (tertiary/aromatic N) is 3. The highest BCUT2D eigenvalue weighted by Crippen LogP contribution is 2.20. The number of aromatic hydroxyl groups is 1. The molecule has 0 aliphatic rings. The van der Waals surface area contributed by atoms with Crippen LogP contribution in [-0.4, -0.2) is 26.8 Å². The van der Waals surface area contributed by atoms with E-state index in [-0.39, 0.29) is 17.9 Å². The van der Waals surface area contributed by atoms with E-state index in [0.717, 1.165) is 11.3 Å². The van der Waals surface area contributed by atoms with Gasteiger partial charge in [-0.05, 0) is 24.6 Å². The zero-order valence-corrected chi connectivity index (χ0v) is 14.3. The fraction of sp³-hybridized carbons (Fsp3) is 0.176. The average Bonchev–Trinajstić information content (AvgIpc) is 3.03. The number of thiophene rings is 1. The summed E-state index contributed by atoms with van der Waals surface area (Å²) in [6, 6.07) is 8.44. The number of hydrogen-bond acceptors (Lipinski definition) is 6. The number of carbonyl (C=O) groups is 1. The Kier molecular flexibility index (Phi) is 4.90.